The highest BCUT2D eigenvalue weighted by Gasteiger charge is 2.26. The number of carbonyl (C=O) groups is 17. The molecule has 8 amide bonds. The van der Waals surface area contributed by atoms with Crippen LogP contribution in [-0.4, -0.2) is 147 Å². The molecular weight excluding hydrogens is 1850 g/mol. The summed E-state index contributed by atoms with van der Waals surface area (Å²) in [5, 5.41) is 104. The number of aromatic carboxylic acids is 9. The van der Waals surface area contributed by atoms with Gasteiger partial charge in [-0.1, -0.05) is 127 Å². The van der Waals surface area contributed by atoms with Gasteiger partial charge in [0.2, 0.25) is 0 Å². The number of carboxylic acid groups (broad SMARTS) is 9. The van der Waals surface area contributed by atoms with E-state index in [4.69, 9.17) is 25.5 Å². The highest BCUT2D eigenvalue weighted by atomic mass is 16.4. The molecule has 14 rings (SSSR count). The number of carboxylic acids is 9. The highest BCUT2D eigenvalue weighted by molar-refractivity contribution is 6.16. The van der Waals surface area contributed by atoms with Crippen LogP contribution in [0.4, 0.5) is 45.5 Å². The Morgan fingerprint density at radius 2 is 0.431 bits per heavy atom. The molecule has 34 heteroatoms. The van der Waals surface area contributed by atoms with E-state index in [1.807, 2.05) is 102 Å². The van der Waals surface area contributed by atoms with Gasteiger partial charge in [-0.15, -0.1) is 0 Å². The average molecular weight is 1940 g/mol. The summed E-state index contributed by atoms with van der Waals surface area (Å²) in [5.41, 5.74) is 12.8. The van der Waals surface area contributed by atoms with Crippen LogP contribution in [-0.2, 0) is 0 Å². The Labute approximate surface area is 821 Å². The number of aryl methyl sites for hydroxylation is 9. The highest BCUT2D eigenvalue weighted by Crippen LogP contribution is 2.32. The van der Waals surface area contributed by atoms with Gasteiger partial charge in [0, 0.05) is 73.3 Å². The fourth-order valence-electron chi connectivity index (χ4n) is 14.2. The van der Waals surface area contributed by atoms with Crippen molar-refractivity contribution in [3.8, 4) is 11.1 Å². The number of hydrogen-bond acceptors (Lipinski definition) is 17. The van der Waals surface area contributed by atoms with Gasteiger partial charge in [0.25, 0.3) is 47.3 Å². The first-order chi connectivity index (χ1) is 68.3. The largest absolute Gasteiger partial charge is 0.478 e. The van der Waals surface area contributed by atoms with Gasteiger partial charge in [-0.2, -0.15) is 0 Å². The van der Waals surface area contributed by atoms with Crippen molar-refractivity contribution in [2.75, 3.05) is 42.5 Å². The van der Waals surface area contributed by atoms with E-state index in [-0.39, 0.29) is 107 Å². The Morgan fingerprint density at radius 3 is 0.757 bits per heavy atom. The van der Waals surface area contributed by atoms with E-state index in [2.05, 4.69) is 42.5 Å². The Balaban J connectivity index is 0.000000187. The molecule has 0 spiro atoms. The summed E-state index contributed by atoms with van der Waals surface area (Å²) in [4.78, 5) is 202. The van der Waals surface area contributed by atoms with Crippen LogP contribution in [0.25, 0.3) is 11.1 Å². The van der Waals surface area contributed by atoms with E-state index in [1.54, 1.807) is 130 Å². The first-order valence-corrected chi connectivity index (χ1v) is 43.3. The third-order valence-corrected chi connectivity index (χ3v) is 21.9. The molecule has 0 bridgehead atoms. The number of rotatable bonds is 26. The van der Waals surface area contributed by atoms with Crippen molar-refractivity contribution < 1.29 is 127 Å². The summed E-state index contributed by atoms with van der Waals surface area (Å²) in [5.74, 6) is -14.7. The molecule has 0 saturated carbocycles. The molecule has 0 fully saturated rings. The van der Waals surface area contributed by atoms with Gasteiger partial charge in [-0.25, -0.2) is 43.2 Å². The van der Waals surface area contributed by atoms with E-state index < -0.39 is 89.2 Å². The minimum Gasteiger partial charge on any atom is -0.478 e. The van der Waals surface area contributed by atoms with E-state index in [9.17, 15) is 102 Å². The minimum absolute atomic E-state index is 0.0398. The number of amides is 8. The van der Waals surface area contributed by atoms with Crippen LogP contribution in [0.5, 0.6) is 0 Å². The van der Waals surface area contributed by atoms with Crippen LogP contribution in [0, 0.1) is 62.3 Å². The van der Waals surface area contributed by atoms with Crippen LogP contribution in [0.2, 0.25) is 0 Å². The summed E-state index contributed by atoms with van der Waals surface area (Å²) in [6.45, 7) is 16.3. The SMILES string of the molecule is Cc1cc(-c2ccc(NC(=O)c3ccccc3C(=O)O)c(C)c2)ccc1NC(=O)c1ccccc1C(=O)O.Cc1ccc(C(=O)O)cc1NC(=O)c1cccc(C(=O)Nc2cc(C(=O)O)ccc2C)c1.Cc1ccc(NC(=O)c2ccc(C(=O)O)cc2C(=O)O)c(C)c1.Cc1ccccc1C(=O)Nc1cc(C(=O)O)cc(C(=O)O)c1.Cc1ccccc1C(=O)Nc1cc(NC(=O)c2ccccc2C)cc(C(=O)O)c1. The van der Waals surface area contributed by atoms with Gasteiger partial charge in [0.1, 0.15) is 0 Å². The number of nitrogens with one attached hydrogen (secondary N) is 8. The lowest BCUT2D eigenvalue weighted by Gasteiger charge is -2.14. The lowest BCUT2D eigenvalue weighted by atomic mass is 9.99. The molecule has 0 aliphatic rings. The third kappa shape index (κ3) is 28.4. The number of hydrogen-bond donors (Lipinski definition) is 17. The van der Waals surface area contributed by atoms with E-state index >= 15 is 0 Å². The van der Waals surface area contributed by atoms with Crippen LogP contribution >= 0.6 is 0 Å². The van der Waals surface area contributed by atoms with Crippen molar-refractivity contribution in [3.05, 3.63) is 436 Å². The molecule has 14 aromatic carbocycles. The number of carbonyl (C=O) groups excluding carboxylic acids is 8. The molecule has 144 heavy (non-hydrogen) atoms. The number of anilines is 8. The molecule has 0 atom stereocenters. The van der Waals surface area contributed by atoms with Gasteiger partial charge < -0.3 is 88.5 Å². The predicted molar refractivity (Wildman–Crippen MR) is 538 cm³/mol. The van der Waals surface area contributed by atoms with Gasteiger partial charge in [-0.05, 0) is 288 Å². The van der Waals surface area contributed by atoms with Crippen molar-refractivity contribution in [1.82, 2.24) is 0 Å². The maximum Gasteiger partial charge on any atom is 0.336 e. The molecule has 0 aromatic heterocycles. The lowest BCUT2D eigenvalue weighted by Crippen LogP contribution is -2.18. The summed E-state index contributed by atoms with van der Waals surface area (Å²) in [7, 11) is 0. The molecule has 0 unspecified atom stereocenters. The molecule has 0 radical (unpaired) electrons. The summed E-state index contributed by atoms with van der Waals surface area (Å²) in [6.07, 6.45) is 0. The van der Waals surface area contributed by atoms with Gasteiger partial charge >= 0.3 is 53.7 Å². The summed E-state index contributed by atoms with van der Waals surface area (Å²) >= 11 is 0. The Kier molecular flexibility index (Phi) is 35.5. The minimum atomic E-state index is -1.36. The second-order valence-corrected chi connectivity index (χ2v) is 32.3. The van der Waals surface area contributed by atoms with Crippen LogP contribution in [0.1, 0.15) is 226 Å². The van der Waals surface area contributed by atoms with Gasteiger partial charge in [0.15, 0.2) is 0 Å². The number of benzene rings is 14. The topological polar surface area (TPSA) is 568 Å². The molecule has 0 aliphatic carbocycles. The zero-order valence-corrected chi connectivity index (χ0v) is 78.2. The van der Waals surface area contributed by atoms with Crippen molar-refractivity contribution in [2.24, 2.45) is 0 Å². The molecule has 0 saturated heterocycles. The fourth-order valence-corrected chi connectivity index (χ4v) is 14.2. The third-order valence-electron chi connectivity index (χ3n) is 21.9. The zero-order valence-electron chi connectivity index (χ0n) is 78.2. The van der Waals surface area contributed by atoms with Crippen LogP contribution < -0.4 is 42.5 Å². The fraction of sp³-hybridized carbons (Fsp3) is 0.0818. The van der Waals surface area contributed by atoms with Gasteiger partial charge in [0.05, 0.1) is 66.8 Å². The second kappa shape index (κ2) is 48.2. The molecule has 17 N–H and O–H groups in total. The van der Waals surface area contributed by atoms with Crippen molar-refractivity contribution in [2.45, 2.75) is 62.3 Å². The summed E-state index contributed by atoms with van der Waals surface area (Å²) in [6, 6.07) is 75.4. The Bertz CT molecular complexity index is 7210. The smallest absolute Gasteiger partial charge is 0.336 e. The van der Waals surface area contributed by atoms with Crippen LogP contribution in [0.15, 0.2) is 291 Å². The maximum absolute atomic E-state index is 12.7. The van der Waals surface area contributed by atoms with Gasteiger partial charge in [-0.3, -0.25) is 38.4 Å². The average Bonchev–Trinajstić information content (AvgIpc) is 0.826. The molecule has 728 valence electrons. The molecule has 0 heterocycles. The van der Waals surface area contributed by atoms with Crippen molar-refractivity contribution >= 4 is 146 Å². The van der Waals surface area contributed by atoms with E-state index in [0.29, 0.717) is 56.3 Å². The zero-order chi connectivity index (χ0) is 105. The second-order valence-electron chi connectivity index (χ2n) is 32.3. The van der Waals surface area contributed by atoms with Crippen molar-refractivity contribution in [3.63, 3.8) is 0 Å². The Morgan fingerprint density at radius 1 is 0.160 bits per heavy atom. The summed E-state index contributed by atoms with van der Waals surface area (Å²) < 4.78 is 0. The first kappa shape index (κ1) is 106. The monoisotopic (exact) mass is 1940 g/mol. The van der Waals surface area contributed by atoms with E-state index in [0.717, 1.165) is 62.2 Å². The first-order valence-electron chi connectivity index (χ1n) is 43.3. The van der Waals surface area contributed by atoms with Crippen LogP contribution in [0.3, 0.4) is 0 Å². The van der Waals surface area contributed by atoms with Crippen molar-refractivity contribution in [1.29, 1.82) is 0 Å². The normalized spacial score (nSPS) is 10.3. The maximum atomic E-state index is 12.7. The lowest BCUT2D eigenvalue weighted by molar-refractivity contribution is 0.0675. The standard InChI is InChI=1S/C30H24N2O6.C24H20N2O6.C23H20N2O4.C17H15NO5.C16H13NO5/c1-17-15-19(11-13-25(17)31-27(33)21-7-3-5-9-23(21)29(35)36)20-12-14-26(18(2)16-20)32-28(34)22-8-4-6-10-24(22)30(37)38;1-13-6-8-17(23(29)30)11-19(13)25-21(27)15-4-3-5-16(10-15)22(28)26-20-12-18(24(31)32)9-7-14(20)2;1-14-7-3-5-9-19(14)21(26)24-17-11-16(23(28)29)12-18(13-17)25-22(27)20-10-6-4-8-15(20)2;1-9-3-6-14(10(2)7-9)18-15(19)12-5-4-11(16(20)21)8-13(12)17(22)23;1-9-4-2-3-5-13(9)14(18)17-12-7-10(15(19)20)6-11(8-12)16(21)22/h3-16H,1-2H3,(H,31,33)(H,32,34)(H,35,36)(H,37,38);3-12H,1-2H3,(H,25,27)(H,26,28)(H,29,30)(H,31,32);3-13H,1-2H3,(H,24,26)(H,25,27)(H,28,29);3-8H,1-2H3,(H,18,19)(H,20,21)(H,22,23);2-8H,1H3,(H,17,18)(H,19,20)(H,21,22). The van der Waals surface area contributed by atoms with E-state index in [1.165, 1.54) is 109 Å². The quantitative estimate of drug-likeness (QED) is 0.0239. The predicted octanol–water partition coefficient (Wildman–Crippen LogP) is 20.2. The Hall–Kier alpha value is -19.9. The molecule has 14 aromatic rings. The molecule has 34 nitrogen and oxygen atoms in total. The molecular formula is C110H92N8O26. The molecule has 0 aliphatic heterocycles.